The lowest BCUT2D eigenvalue weighted by molar-refractivity contribution is -0.150. The van der Waals surface area contributed by atoms with Crippen molar-refractivity contribution in [3.05, 3.63) is 6.08 Å². The van der Waals surface area contributed by atoms with E-state index in [0.29, 0.717) is 0 Å². The van der Waals surface area contributed by atoms with Crippen molar-refractivity contribution in [3.63, 3.8) is 0 Å². The predicted octanol–water partition coefficient (Wildman–Crippen LogP) is -0.623. The molecule has 0 fully saturated rings. The zero-order chi connectivity index (χ0) is 9.56. The molecule has 0 bridgehead atoms. The van der Waals surface area contributed by atoms with Crippen molar-refractivity contribution < 1.29 is 24.3 Å². The molecule has 0 saturated carbocycles. The zero-order valence-corrected chi connectivity index (χ0v) is 6.07. The number of hydrogen-bond donors (Lipinski definition) is 1. The van der Waals surface area contributed by atoms with Crippen molar-refractivity contribution in [1.29, 1.82) is 0 Å². The monoisotopic (exact) mass is 170 g/mol. The highest BCUT2D eigenvalue weighted by Gasteiger charge is 2.15. The first-order valence-corrected chi connectivity index (χ1v) is 3.05. The fourth-order valence-corrected chi connectivity index (χ4v) is 0.482. The molecule has 0 rings (SSSR count). The van der Waals surface area contributed by atoms with Crippen molar-refractivity contribution in [2.45, 2.75) is 12.8 Å². The number of hydrogen-bond acceptors (Lipinski definition) is 4. The average Bonchev–Trinajstić information content (AvgIpc) is 2.00. The fourth-order valence-electron chi connectivity index (χ4n) is 0.482. The SMILES string of the molecule is O=C=CCC(=O)CC(=O)C(=O)O. The Kier molecular flexibility index (Phi) is 4.26. The average molecular weight is 170 g/mol. The highest BCUT2D eigenvalue weighted by molar-refractivity contribution is 6.36. The molecule has 1 N–H and O–H groups in total. The van der Waals surface area contributed by atoms with E-state index in [-0.39, 0.29) is 6.42 Å². The van der Waals surface area contributed by atoms with Gasteiger partial charge in [-0.2, -0.15) is 0 Å². The summed E-state index contributed by atoms with van der Waals surface area (Å²) in [7, 11) is 0. The van der Waals surface area contributed by atoms with Crippen LogP contribution in [0.5, 0.6) is 0 Å². The van der Waals surface area contributed by atoms with Gasteiger partial charge in [-0.25, -0.2) is 9.59 Å². The van der Waals surface area contributed by atoms with E-state index < -0.39 is 24.0 Å². The maximum Gasteiger partial charge on any atom is 0.372 e. The number of carboxylic acids is 1. The number of carboxylic acid groups (broad SMARTS) is 1. The van der Waals surface area contributed by atoms with Gasteiger partial charge in [0, 0.05) is 12.5 Å². The van der Waals surface area contributed by atoms with E-state index in [0.717, 1.165) is 6.08 Å². The summed E-state index contributed by atoms with van der Waals surface area (Å²) in [6.07, 6.45) is -0.0203. The maximum atomic E-state index is 10.6. The molecule has 0 aromatic rings. The Hall–Kier alpha value is -1.74. The van der Waals surface area contributed by atoms with Crippen LogP contribution in [0.3, 0.4) is 0 Å². The Morgan fingerprint density at radius 2 is 1.92 bits per heavy atom. The summed E-state index contributed by atoms with van der Waals surface area (Å²) < 4.78 is 0. The number of allylic oxidation sites excluding steroid dienone is 1. The van der Waals surface area contributed by atoms with Crippen LogP contribution in [-0.2, 0) is 19.2 Å². The van der Waals surface area contributed by atoms with E-state index in [4.69, 9.17) is 5.11 Å². The first kappa shape index (κ1) is 10.3. The van der Waals surface area contributed by atoms with Crippen molar-refractivity contribution in [3.8, 4) is 0 Å². The largest absolute Gasteiger partial charge is 0.475 e. The van der Waals surface area contributed by atoms with Crippen molar-refractivity contribution in [1.82, 2.24) is 0 Å². The molecule has 0 unspecified atom stereocenters. The second-order valence-electron chi connectivity index (χ2n) is 1.97. The fraction of sp³-hybridized carbons (Fsp3) is 0.286. The molecule has 5 nitrogen and oxygen atoms in total. The number of rotatable bonds is 5. The summed E-state index contributed by atoms with van der Waals surface area (Å²) in [6.45, 7) is 0. The first-order chi connectivity index (χ1) is 5.57. The quantitative estimate of drug-likeness (QED) is 0.337. The van der Waals surface area contributed by atoms with Gasteiger partial charge in [-0.05, 0) is 0 Å². The molecule has 0 saturated heterocycles. The van der Waals surface area contributed by atoms with Crippen LogP contribution in [0.25, 0.3) is 0 Å². The predicted molar refractivity (Wildman–Crippen MR) is 37.1 cm³/mol. The van der Waals surface area contributed by atoms with Gasteiger partial charge >= 0.3 is 5.97 Å². The normalized spacial score (nSPS) is 8.33. The van der Waals surface area contributed by atoms with Crippen LogP contribution >= 0.6 is 0 Å². The van der Waals surface area contributed by atoms with E-state index >= 15 is 0 Å². The summed E-state index contributed by atoms with van der Waals surface area (Å²) >= 11 is 0. The third kappa shape index (κ3) is 4.14. The minimum atomic E-state index is -1.64. The highest BCUT2D eigenvalue weighted by atomic mass is 16.4. The highest BCUT2D eigenvalue weighted by Crippen LogP contribution is 1.91. The Morgan fingerprint density at radius 3 is 2.33 bits per heavy atom. The molecule has 0 aliphatic heterocycles. The van der Waals surface area contributed by atoms with Crippen molar-refractivity contribution >= 4 is 23.5 Å². The van der Waals surface area contributed by atoms with Crippen LogP contribution in [0.1, 0.15) is 12.8 Å². The molecule has 64 valence electrons. The summed E-state index contributed by atoms with van der Waals surface area (Å²) in [4.78, 5) is 40.5. The van der Waals surface area contributed by atoms with Gasteiger partial charge in [0.1, 0.15) is 11.7 Å². The molecule has 0 spiro atoms. The molecule has 0 aromatic heterocycles. The standard InChI is InChI=1S/C7H6O5/c8-3-1-2-5(9)4-6(10)7(11)12/h1H,2,4H2,(H,11,12). The lowest BCUT2D eigenvalue weighted by Crippen LogP contribution is -2.16. The van der Waals surface area contributed by atoms with Crippen LogP contribution in [0, 0.1) is 0 Å². The lowest BCUT2D eigenvalue weighted by Gasteiger charge is -1.90. The summed E-state index contributed by atoms with van der Waals surface area (Å²) in [6, 6.07) is 0. The minimum Gasteiger partial charge on any atom is -0.475 e. The van der Waals surface area contributed by atoms with Gasteiger partial charge in [-0.1, -0.05) is 0 Å². The number of ketones is 2. The molecule has 0 radical (unpaired) electrons. The number of aliphatic carboxylic acids is 1. The molecule has 0 aliphatic carbocycles. The summed E-state index contributed by atoms with van der Waals surface area (Å²) in [5.74, 6) is -2.07. The first-order valence-electron chi connectivity index (χ1n) is 3.05. The van der Waals surface area contributed by atoms with Gasteiger partial charge in [0.15, 0.2) is 0 Å². The van der Waals surface area contributed by atoms with Crippen molar-refractivity contribution in [2.75, 3.05) is 0 Å². The van der Waals surface area contributed by atoms with Gasteiger partial charge in [-0.3, -0.25) is 9.59 Å². The van der Waals surface area contributed by atoms with Crippen LogP contribution in [0.4, 0.5) is 0 Å². The van der Waals surface area contributed by atoms with E-state index in [1.165, 1.54) is 5.94 Å². The lowest BCUT2D eigenvalue weighted by atomic mass is 10.1. The van der Waals surface area contributed by atoms with Crippen LogP contribution in [-0.4, -0.2) is 28.6 Å². The molecular formula is C7H6O5. The Bertz CT molecular complexity index is 259. The van der Waals surface area contributed by atoms with Crippen LogP contribution < -0.4 is 0 Å². The molecule has 0 aromatic carbocycles. The third-order valence-corrected chi connectivity index (χ3v) is 1.01. The van der Waals surface area contributed by atoms with Gasteiger partial charge in [-0.15, -0.1) is 0 Å². The van der Waals surface area contributed by atoms with E-state index in [1.807, 2.05) is 0 Å². The molecule has 5 heteroatoms. The van der Waals surface area contributed by atoms with Crippen molar-refractivity contribution in [2.24, 2.45) is 0 Å². The third-order valence-electron chi connectivity index (χ3n) is 1.01. The molecule has 12 heavy (non-hydrogen) atoms. The van der Waals surface area contributed by atoms with Crippen LogP contribution in [0.2, 0.25) is 0 Å². The smallest absolute Gasteiger partial charge is 0.372 e. The van der Waals surface area contributed by atoms with E-state index in [1.54, 1.807) is 0 Å². The number of carbonyl (C=O) groups is 3. The molecule has 0 aliphatic rings. The Labute approximate surface area is 67.7 Å². The second-order valence-corrected chi connectivity index (χ2v) is 1.97. The van der Waals surface area contributed by atoms with Gasteiger partial charge in [0.05, 0.1) is 6.42 Å². The zero-order valence-electron chi connectivity index (χ0n) is 6.07. The minimum absolute atomic E-state index is 0.248. The molecule has 0 amide bonds. The molecular weight excluding hydrogens is 164 g/mol. The topological polar surface area (TPSA) is 88.5 Å². The number of Topliss-reactive ketones (excluding diaryl/α,β-unsaturated/α-hetero) is 2. The van der Waals surface area contributed by atoms with Crippen LogP contribution in [0.15, 0.2) is 6.08 Å². The summed E-state index contributed by atoms with van der Waals surface area (Å²) in [5.41, 5.74) is 0. The second kappa shape index (κ2) is 4.98. The van der Waals surface area contributed by atoms with E-state index in [9.17, 15) is 19.2 Å². The van der Waals surface area contributed by atoms with Gasteiger partial charge in [0.2, 0.25) is 5.78 Å². The Morgan fingerprint density at radius 1 is 1.33 bits per heavy atom. The molecule has 0 atom stereocenters. The molecule has 0 heterocycles. The maximum absolute atomic E-state index is 10.6. The summed E-state index contributed by atoms with van der Waals surface area (Å²) in [5, 5.41) is 8.07. The van der Waals surface area contributed by atoms with Gasteiger partial charge < -0.3 is 5.11 Å². The van der Waals surface area contributed by atoms with E-state index in [2.05, 4.69) is 0 Å². The van der Waals surface area contributed by atoms with Gasteiger partial charge in [0.25, 0.3) is 0 Å². The Balaban J connectivity index is 3.93. The number of carbonyl (C=O) groups excluding carboxylic acids is 3.